The van der Waals surface area contributed by atoms with E-state index in [0.29, 0.717) is 88.3 Å². The number of fused-ring (bicyclic) bond motifs is 1. The van der Waals surface area contributed by atoms with Gasteiger partial charge < -0.3 is 28.6 Å². The number of nitrogens with zero attached hydrogens (tertiary/aromatic N) is 3. The third-order valence-corrected chi connectivity index (χ3v) is 9.14. The molecule has 1 saturated heterocycles. The molecule has 1 atom stereocenters. The van der Waals surface area contributed by atoms with Crippen molar-refractivity contribution in [3.63, 3.8) is 0 Å². The standard InChI is InChI=1S/C34H38BrN3O8S/c1-5-8-24-30(33(41)45-7-3)31(23-19-22(35)10-12-25(23)42-4)38-32(40)28(47-34(38)36-24)18-21-9-11-26(27(17-21)44-6-2)46-20-29(39)37-13-15-43-16-14-37/h9-12,17-19,31H,5-8,13-16,20H2,1-4H3/b28-18-/t31-/m1/s1. The number of thiazole rings is 1. The molecule has 11 nitrogen and oxygen atoms in total. The van der Waals surface area contributed by atoms with Crippen LogP contribution in [0.3, 0.4) is 0 Å². The monoisotopic (exact) mass is 727 g/mol. The SMILES string of the molecule is CCCC1=C(C(=O)OCC)[C@@H](c2cc(Br)ccc2OC)n2c(s/c(=C\c3ccc(OCC(=O)N4CCOCC4)c(OCC)c3)c2=O)=N1. The average molecular weight is 729 g/mol. The van der Waals surface area contributed by atoms with E-state index in [2.05, 4.69) is 15.9 Å². The molecule has 0 radical (unpaired) electrons. The number of aromatic nitrogens is 1. The molecule has 13 heteroatoms. The molecule has 3 aromatic rings. The molecule has 0 aliphatic carbocycles. The first kappa shape index (κ1) is 34.4. The first-order chi connectivity index (χ1) is 22.8. The van der Waals surface area contributed by atoms with Crippen molar-refractivity contribution in [1.82, 2.24) is 9.47 Å². The van der Waals surface area contributed by atoms with E-state index >= 15 is 0 Å². The van der Waals surface area contributed by atoms with Crippen molar-refractivity contribution in [2.75, 3.05) is 53.2 Å². The Morgan fingerprint density at radius 3 is 2.51 bits per heavy atom. The molecular formula is C34H38BrN3O8S. The summed E-state index contributed by atoms with van der Waals surface area (Å²) in [5.74, 6) is 0.760. The zero-order valence-corrected chi connectivity index (χ0v) is 29.3. The number of allylic oxidation sites excluding steroid dienone is 1. The predicted octanol–water partition coefficient (Wildman–Crippen LogP) is 3.99. The Morgan fingerprint density at radius 2 is 1.81 bits per heavy atom. The number of carbonyl (C=O) groups is 2. The molecule has 0 bridgehead atoms. The molecule has 250 valence electrons. The van der Waals surface area contributed by atoms with Gasteiger partial charge in [-0.15, -0.1) is 0 Å². The summed E-state index contributed by atoms with van der Waals surface area (Å²) in [7, 11) is 1.55. The van der Waals surface area contributed by atoms with Gasteiger partial charge in [-0.05, 0) is 62.2 Å². The van der Waals surface area contributed by atoms with Crippen LogP contribution in [0.4, 0.5) is 0 Å². The first-order valence-electron chi connectivity index (χ1n) is 15.6. The fraction of sp³-hybridized carbons (Fsp3) is 0.412. The Morgan fingerprint density at radius 1 is 1.04 bits per heavy atom. The Balaban J connectivity index is 1.58. The highest BCUT2D eigenvalue weighted by molar-refractivity contribution is 9.10. The summed E-state index contributed by atoms with van der Waals surface area (Å²) in [6.07, 6.45) is 3.03. The lowest BCUT2D eigenvalue weighted by atomic mass is 9.93. The van der Waals surface area contributed by atoms with E-state index in [1.165, 1.54) is 11.3 Å². The third kappa shape index (κ3) is 7.63. The van der Waals surface area contributed by atoms with Gasteiger partial charge in [-0.3, -0.25) is 14.2 Å². The zero-order valence-electron chi connectivity index (χ0n) is 26.9. The van der Waals surface area contributed by atoms with Gasteiger partial charge in [0.1, 0.15) is 11.8 Å². The van der Waals surface area contributed by atoms with Gasteiger partial charge in [-0.1, -0.05) is 46.7 Å². The van der Waals surface area contributed by atoms with Gasteiger partial charge in [0.05, 0.1) is 49.3 Å². The minimum atomic E-state index is -0.819. The summed E-state index contributed by atoms with van der Waals surface area (Å²) >= 11 is 4.79. The van der Waals surface area contributed by atoms with Gasteiger partial charge in [0.25, 0.3) is 11.5 Å². The number of ether oxygens (including phenoxy) is 5. The summed E-state index contributed by atoms with van der Waals surface area (Å²) in [4.78, 5) is 47.4. The van der Waals surface area contributed by atoms with Gasteiger partial charge in [-0.25, -0.2) is 9.79 Å². The number of amides is 1. The maximum atomic E-state index is 14.2. The highest BCUT2D eigenvalue weighted by Gasteiger charge is 2.36. The molecule has 0 spiro atoms. The van der Waals surface area contributed by atoms with E-state index in [1.54, 1.807) is 53.8 Å². The minimum absolute atomic E-state index is 0.123. The molecule has 2 aromatic carbocycles. The van der Waals surface area contributed by atoms with Crippen molar-refractivity contribution in [3.8, 4) is 17.2 Å². The lowest BCUT2D eigenvalue weighted by molar-refractivity contribution is -0.139. The van der Waals surface area contributed by atoms with E-state index in [0.717, 1.165) is 10.9 Å². The number of hydrogen-bond acceptors (Lipinski definition) is 10. The number of hydrogen-bond donors (Lipinski definition) is 0. The highest BCUT2D eigenvalue weighted by Crippen LogP contribution is 2.38. The van der Waals surface area contributed by atoms with E-state index in [-0.39, 0.29) is 24.7 Å². The van der Waals surface area contributed by atoms with Crippen LogP contribution in [0.25, 0.3) is 6.08 Å². The highest BCUT2D eigenvalue weighted by atomic mass is 79.9. The van der Waals surface area contributed by atoms with Gasteiger partial charge in [0.2, 0.25) is 0 Å². The lowest BCUT2D eigenvalue weighted by Gasteiger charge is -2.27. The Hall–Kier alpha value is -3.94. The normalized spacial score (nSPS) is 16.4. The van der Waals surface area contributed by atoms with Crippen LogP contribution in [0, 0.1) is 0 Å². The number of esters is 1. The molecule has 1 amide bonds. The molecule has 2 aliphatic rings. The number of carbonyl (C=O) groups excluding carboxylic acids is 2. The van der Waals surface area contributed by atoms with Gasteiger partial charge in [0.15, 0.2) is 22.9 Å². The van der Waals surface area contributed by atoms with Gasteiger partial charge in [-0.2, -0.15) is 0 Å². The Kier molecular flexibility index (Phi) is 11.5. The summed E-state index contributed by atoms with van der Waals surface area (Å²) in [5, 5.41) is 0. The Bertz CT molecular complexity index is 1840. The number of benzene rings is 2. The largest absolute Gasteiger partial charge is 0.496 e. The van der Waals surface area contributed by atoms with Crippen LogP contribution in [0.5, 0.6) is 17.2 Å². The van der Waals surface area contributed by atoms with Crippen LogP contribution in [0.1, 0.15) is 50.8 Å². The van der Waals surface area contributed by atoms with Crippen LogP contribution in [-0.4, -0.2) is 74.6 Å². The van der Waals surface area contributed by atoms with E-state index in [1.807, 2.05) is 26.0 Å². The van der Waals surface area contributed by atoms with Crippen LogP contribution in [-0.2, 0) is 19.1 Å². The van der Waals surface area contributed by atoms with Crippen molar-refractivity contribution in [3.05, 3.63) is 83.0 Å². The minimum Gasteiger partial charge on any atom is -0.496 e. The van der Waals surface area contributed by atoms with E-state index in [4.69, 9.17) is 28.7 Å². The van der Waals surface area contributed by atoms with Crippen LogP contribution in [0.2, 0.25) is 0 Å². The van der Waals surface area contributed by atoms with Crippen LogP contribution >= 0.6 is 27.3 Å². The first-order valence-corrected chi connectivity index (χ1v) is 17.2. The smallest absolute Gasteiger partial charge is 0.338 e. The quantitative estimate of drug-likeness (QED) is 0.257. The molecule has 1 aromatic heterocycles. The fourth-order valence-electron chi connectivity index (χ4n) is 5.53. The van der Waals surface area contributed by atoms with Crippen molar-refractivity contribution < 1.29 is 33.3 Å². The predicted molar refractivity (Wildman–Crippen MR) is 181 cm³/mol. The second-order valence-corrected chi connectivity index (χ2v) is 12.6. The maximum absolute atomic E-state index is 14.2. The molecule has 0 saturated carbocycles. The molecule has 3 heterocycles. The van der Waals surface area contributed by atoms with E-state index in [9.17, 15) is 14.4 Å². The lowest BCUT2D eigenvalue weighted by Crippen LogP contribution is -2.43. The van der Waals surface area contributed by atoms with Crippen LogP contribution in [0.15, 0.2) is 61.9 Å². The molecular weight excluding hydrogens is 690 g/mol. The average Bonchev–Trinajstić information content (AvgIpc) is 3.38. The molecule has 5 rings (SSSR count). The number of morpholine rings is 1. The number of methoxy groups -OCH3 is 1. The maximum Gasteiger partial charge on any atom is 0.338 e. The second kappa shape index (κ2) is 15.8. The molecule has 47 heavy (non-hydrogen) atoms. The molecule has 2 aliphatic heterocycles. The molecule has 0 unspecified atom stereocenters. The summed E-state index contributed by atoms with van der Waals surface area (Å²) < 4.78 is 31.0. The molecule has 1 fully saturated rings. The molecule has 0 N–H and O–H groups in total. The number of rotatable bonds is 12. The number of halogens is 1. The van der Waals surface area contributed by atoms with Gasteiger partial charge >= 0.3 is 5.97 Å². The summed E-state index contributed by atoms with van der Waals surface area (Å²) in [6, 6.07) is 9.98. The summed E-state index contributed by atoms with van der Waals surface area (Å²) in [5.41, 5.74) is 1.91. The fourth-order valence-corrected chi connectivity index (χ4v) is 6.93. The van der Waals surface area contributed by atoms with E-state index < -0.39 is 12.0 Å². The van der Waals surface area contributed by atoms with Crippen molar-refractivity contribution in [1.29, 1.82) is 0 Å². The second-order valence-electron chi connectivity index (χ2n) is 10.7. The zero-order chi connectivity index (χ0) is 33.5. The van der Waals surface area contributed by atoms with Crippen molar-refractivity contribution >= 4 is 45.2 Å². The van der Waals surface area contributed by atoms with Crippen LogP contribution < -0.4 is 29.1 Å². The Labute approximate surface area is 285 Å². The third-order valence-electron chi connectivity index (χ3n) is 7.66. The van der Waals surface area contributed by atoms with Crippen molar-refractivity contribution in [2.45, 2.75) is 39.7 Å². The summed E-state index contributed by atoms with van der Waals surface area (Å²) in [6.45, 7) is 8.14. The van der Waals surface area contributed by atoms with Crippen molar-refractivity contribution in [2.24, 2.45) is 4.99 Å². The topological polar surface area (TPSA) is 118 Å². The van der Waals surface area contributed by atoms with Gasteiger partial charge in [0, 0.05) is 23.1 Å².